The molecular formula is C15H19NOS. The zero-order valence-electron chi connectivity index (χ0n) is 11.3. The molecule has 2 rings (SSSR count). The first-order valence-corrected chi connectivity index (χ1v) is 6.85. The Morgan fingerprint density at radius 2 is 1.94 bits per heavy atom. The van der Waals surface area contributed by atoms with E-state index in [1.165, 1.54) is 11.3 Å². The molecule has 3 heteroatoms. The van der Waals surface area contributed by atoms with Gasteiger partial charge >= 0.3 is 0 Å². The van der Waals surface area contributed by atoms with E-state index in [9.17, 15) is 4.79 Å². The maximum Gasteiger partial charge on any atom is 0.261 e. The van der Waals surface area contributed by atoms with Crippen molar-refractivity contribution in [1.82, 2.24) is 5.32 Å². The minimum absolute atomic E-state index is 0.0296. The van der Waals surface area contributed by atoms with Crippen LogP contribution >= 0.6 is 11.3 Å². The maximum absolute atomic E-state index is 11.5. The molecule has 2 nitrogen and oxygen atoms in total. The van der Waals surface area contributed by atoms with Crippen LogP contribution in [0.3, 0.4) is 0 Å². The molecule has 0 fully saturated rings. The van der Waals surface area contributed by atoms with Crippen LogP contribution in [-0.4, -0.2) is 13.0 Å². The van der Waals surface area contributed by atoms with E-state index in [0.717, 1.165) is 26.1 Å². The summed E-state index contributed by atoms with van der Waals surface area (Å²) in [5, 5.41) is 3.73. The van der Waals surface area contributed by atoms with Crippen LogP contribution in [0.2, 0.25) is 0 Å². The first kappa shape index (κ1) is 14.5. The van der Waals surface area contributed by atoms with Crippen molar-refractivity contribution in [3.8, 4) is 0 Å². The van der Waals surface area contributed by atoms with Crippen molar-refractivity contribution in [1.29, 1.82) is 0 Å². The van der Waals surface area contributed by atoms with Crippen LogP contribution in [0.4, 0.5) is 0 Å². The lowest BCUT2D eigenvalue weighted by atomic mass is 10.1. The monoisotopic (exact) mass is 261 g/mol. The fourth-order valence-corrected chi connectivity index (χ4v) is 2.53. The van der Waals surface area contributed by atoms with Crippen LogP contribution in [-0.2, 0) is 0 Å². The van der Waals surface area contributed by atoms with Crippen molar-refractivity contribution in [2.45, 2.75) is 20.8 Å². The molecule has 0 aliphatic rings. The Balaban J connectivity index is 0.000000771. The fourth-order valence-electron chi connectivity index (χ4n) is 1.54. The molecule has 1 N–H and O–H groups in total. The van der Waals surface area contributed by atoms with Gasteiger partial charge in [0.05, 0.1) is 4.88 Å². The largest absolute Gasteiger partial charge is 0.354 e. The second kappa shape index (κ2) is 6.36. The predicted octanol–water partition coefficient (Wildman–Crippen LogP) is 4.32. The molecule has 0 aliphatic carbocycles. The van der Waals surface area contributed by atoms with Gasteiger partial charge in [0.2, 0.25) is 0 Å². The number of rotatable bonds is 2. The van der Waals surface area contributed by atoms with Crippen molar-refractivity contribution in [3.63, 3.8) is 0 Å². The second-order valence-corrected chi connectivity index (χ2v) is 4.81. The van der Waals surface area contributed by atoms with Crippen LogP contribution in [0.25, 0.3) is 15.7 Å². The SMILES string of the molecule is C=C(C)c1ccc2sc(C(=O)NC)cc2c1.CC. The van der Waals surface area contributed by atoms with Gasteiger partial charge < -0.3 is 5.32 Å². The number of hydrogen-bond acceptors (Lipinski definition) is 2. The van der Waals surface area contributed by atoms with Gasteiger partial charge in [0.25, 0.3) is 5.91 Å². The first-order valence-electron chi connectivity index (χ1n) is 6.03. The number of carbonyl (C=O) groups excluding carboxylic acids is 1. The van der Waals surface area contributed by atoms with E-state index in [2.05, 4.69) is 18.0 Å². The summed E-state index contributed by atoms with van der Waals surface area (Å²) in [4.78, 5) is 12.2. The van der Waals surface area contributed by atoms with Gasteiger partial charge in [0, 0.05) is 11.7 Å². The van der Waals surface area contributed by atoms with Crippen molar-refractivity contribution in [2.75, 3.05) is 7.05 Å². The van der Waals surface area contributed by atoms with E-state index in [1.54, 1.807) is 7.05 Å². The lowest BCUT2D eigenvalue weighted by molar-refractivity contribution is 0.0967. The quantitative estimate of drug-likeness (QED) is 0.857. The topological polar surface area (TPSA) is 29.1 Å². The molecule has 0 radical (unpaired) electrons. The number of nitrogens with one attached hydrogen (secondary N) is 1. The number of carbonyl (C=O) groups is 1. The molecular weight excluding hydrogens is 242 g/mol. The number of fused-ring (bicyclic) bond motifs is 1. The van der Waals surface area contributed by atoms with Gasteiger partial charge in [-0.2, -0.15) is 0 Å². The lowest BCUT2D eigenvalue weighted by Crippen LogP contribution is -2.15. The summed E-state index contributed by atoms with van der Waals surface area (Å²) in [5.41, 5.74) is 2.16. The van der Waals surface area contributed by atoms with Gasteiger partial charge in [-0.25, -0.2) is 0 Å². The number of thiophene rings is 1. The highest BCUT2D eigenvalue weighted by atomic mass is 32.1. The van der Waals surface area contributed by atoms with Crippen molar-refractivity contribution in [3.05, 3.63) is 41.3 Å². The van der Waals surface area contributed by atoms with E-state index in [4.69, 9.17) is 0 Å². The van der Waals surface area contributed by atoms with Crippen molar-refractivity contribution >= 4 is 32.9 Å². The Morgan fingerprint density at radius 1 is 1.28 bits per heavy atom. The Morgan fingerprint density at radius 3 is 2.50 bits per heavy atom. The number of benzene rings is 1. The summed E-state index contributed by atoms with van der Waals surface area (Å²) in [6.45, 7) is 9.89. The molecule has 0 saturated heterocycles. The van der Waals surface area contributed by atoms with Crippen LogP contribution < -0.4 is 5.32 Å². The zero-order valence-corrected chi connectivity index (χ0v) is 12.1. The highest BCUT2D eigenvalue weighted by molar-refractivity contribution is 7.20. The van der Waals surface area contributed by atoms with Gasteiger partial charge in [-0.1, -0.05) is 32.1 Å². The van der Waals surface area contributed by atoms with Gasteiger partial charge in [0.15, 0.2) is 0 Å². The number of hydrogen-bond donors (Lipinski definition) is 1. The van der Waals surface area contributed by atoms with Crippen LogP contribution in [0.5, 0.6) is 0 Å². The Labute approximate surface area is 112 Å². The summed E-state index contributed by atoms with van der Waals surface area (Å²) in [7, 11) is 1.64. The third-order valence-corrected chi connectivity index (χ3v) is 3.57. The van der Waals surface area contributed by atoms with Crippen molar-refractivity contribution < 1.29 is 4.79 Å². The Bertz CT molecular complexity index is 569. The fraction of sp³-hybridized carbons (Fsp3) is 0.267. The molecule has 18 heavy (non-hydrogen) atoms. The number of allylic oxidation sites excluding steroid dienone is 1. The minimum atomic E-state index is -0.0296. The van der Waals surface area contributed by atoms with E-state index in [0.29, 0.717) is 0 Å². The second-order valence-electron chi connectivity index (χ2n) is 3.72. The Hall–Kier alpha value is -1.61. The van der Waals surface area contributed by atoms with E-state index in [1.807, 2.05) is 39.0 Å². The summed E-state index contributed by atoms with van der Waals surface area (Å²) in [6.07, 6.45) is 0. The first-order chi connectivity index (χ1) is 8.61. The lowest BCUT2D eigenvalue weighted by Gasteiger charge is -1.98. The van der Waals surface area contributed by atoms with Gasteiger partial charge in [-0.3, -0.25) is 4.79 Å². The molecule has 1 heterocycles. The highest BCUT2D eigenvalue weighted by Crippen LogP contribution is 2.28. The Kier molecular flexibility index (Phi) is 5.10. The molecule has 0 aliphatic heterocycles. The highest BCUT2D eigenvalue weighted by Gasteiger charge is 2.08. The van der Waals surface area contributed by atoms with E-state index in [-0.39, 0.29) is 5.91 Å². The van der Waals surface area contributed by atoms with Gasteiger partial charge in [-0.05, 0) is 36.1 Å². The third-order valence-electron chi connectivity index (χ3n) is 2.46. The van der Waals surface area contributed by atoms with Crippen molar-refractivity contribution in [2.24, 2.45) is 0 Å². The minimum Gasteiger partial charge on any atom is -0.354 e. The average Bonchev–Trinajstić information content (AvgIpc) is 2.82. The molecule has 1 aromatic heterocycles. The van der Waals surface area contributed by atoms with Crippen LogP contribution in [0.15, 0.2) is 30.8 Å². The van der Waals surface area contributed by atoms with Crippen LogP contribution in [0.1, 0.15) is 36.0 Å². The smallest absolute Gasteiger partial charge is 0.261 e. The zero-order chi connectivity index (χ0) is 13.7. The maximum atomic E-state index is 11.5. The number of amides is 1. The molecule has 0 saturated carbocycles. The molecule has 96 valence electrons. The summed E-state index contributed by atoms with van der Waals surface area (Å²) < 4.78 is 1.13. The molecule has 0 spiro atoms. The third kappa shape index (κ3) is 2.99. The molecule has 0 bridgehead atoms. The molecule has 1 aromatic carbocycles. The standard InChI is InChI=1S/C13H13NOS.C2H6/c1-8(2)9-4-5-11-10(6-9)7-12(16-11)13(15)14-3;1-2/h4-7H,1H2,2-3H3,(H,14,15);1-2H3. The summed E-state index contributed by atoms with van der Waals surface area (Å²) in [6, 6.07) is 8.07. The van der Waals surface area contributed by atoms with E-state index >= 15 is 0 Å². The molecule has 1 amide bonds. The predicted molar refractivity (Wildman–Crippen MR) is 81.3 cm³/mol. The van der Waals surface area contributed by atoms with Crippen LogP contribution in [0, 0.1) is 0 Å². The molecule has 2 aromatic rings. The average molecular weight is 261 g/mol. The molecule has 0 atom stereocenters. The van der Waals surface area contributed by atoms with Gasteiger partial charge in [-0.15, -0.1) is 11.3 Å². The van der Waals surface area contributed by atoms with Gasteiger partial charge in [0.1, 0.15) is 0 Å². The molecule has 0 unspecified atom stereocenters. The van der Waals surface area contributed by atoms with E-state index < -0.39 is 0 Å². The summed E-state index contributed by atoms with van der Waals surface area (Å²) >= 11 is 1.51. The summed E-state index contributed by atoms with van der Waals surface area (Å²) in [5.74, 6) is -0.0296. The normalized spacial score (nSPS) is 9.56.